The lowest BCUT2D eigenvalue weighted by atomic mass is 9.88. The van der Waals surface area contributed by atoms with E-state index in [9.17, 15) is 9.59 Å². The molecular formula is C21H31N3O4. The van der Waals surface area contributed by atoms with Crippen LogP contribution in [0.4, 0.5) is 16.2 Å². The standard InChI is InChI=1S/C21H31N3O4/c1-15-5-2-3-6-18(15)28-14-12-22-21(26)24-17-10-8-16(9-11-17)23-20(25)19-7-4-13-27-19/h8-11,15,18-19H,2-7,12-14H2,1H3,(H,23,25)(H2,22,24,26)/t15-,18-,19-/m1/s1. The highest BCUT2D eigenvalue weighted by molar-refractivity contribution is 5.95. The number of carbonyl (C=O) groups is 2. The molecule has 0 spiro atoms. The molecule has 1 saturated heterocycles. The predicted octanol–water partition coefficient (Wildman–Crippen LogP) is 3.52. The summed E-state index contributed by atoms with van der Waals surface area (Å²) < 4.78 is 11.3. The van der Waals surface area contributed by atoms with Crippen LogP contribution in [0.1, 0.15) is 45.4 Å². The highest BCUT2D eigenvalue weighted by atomic mass is 16.5. The SMILES string of the molecule is C[C@@H]1CCCC[C@H]1OCCNC(=O)Nc1ccc(NC(=O)[C@H]2CCCO2)cc1. The summed E-state index contributed by atoms with van der Waals surface area (Å²) in [6.45, 7) is 3.87. The van der Waals surface area contributed by atoms with Crippen LogP contribution in [0.5, 0.6) is 0 Å². The summed E-state index contributed by atoms with van der Waals surface area (Å²) in [6, 6.07) is 6.76. The van der Waals surface area contributed by atoms with Gasteiger partial charge in [-0.15, -0.1) is 0 Å². The highest BCUT2D eigenvalue weighted by Crippen LogP contribution is 2.26. The van der Waals surface area contributed by atoms with E-state index in [1.54, 1.807) is 24.3 Å². The maximum absolute atomic E-state index is 12.0. The first-order chi connectivity index (χ1) is 13.6. The molecule has 0 unspecified atom stereocenters. The Morgan fingerprint density at radius 3 is 2.43 bits per heavy atom. The summed E-state index contributed by atoms with van der Waals surface area (Å²) >= 11 is 0. The Labute approximate surface area is 166 Å². The van der Waals surface area contributed by atoms with Crippen molar-refractivity contribution in [2.75, 3.05) is 30.4 Å². The van der Waals surface area contributed by atoms with Crippen molar-refractivity contribution in [3.8, 4) is 0 Å². The van der Waals surface area contributed by atoms with Gasteiger partial charge in [0.05, 0.1) is 12.7 Å². The lowest BCUT2D eigenvalue weighted by Crippen LogP contribution is -2.34. The van der Waals surface area contributed by atoms with Gasteiger partial charge in [-0.2, -0.15) is 0 Å². The number of urea groups is 1. The van der Waals surface area contributed by atoms with E-state index in [2.05, 4.69) is 22.9 Å². The Kier molecular flexibility index (Phi) is 7.68. The molecule has 0 aromatic heterocycles. The fourth-order valence-electron chi connectivity index (χ4n) is 3.72. The number of anilines is 2. The quantitative estimate of drug-likeness (QED) is 0.623. The molecule has 3 rings (SSSR count). The predicted molar refractivity (Wildman–Crippen MR) is 108 cm³/mol. The van der Waals surface area contributed by atoms with Crippen molar-refractivity contribution in [2.24, 2.45) is 5.92 Å². The monoisotopic (exact) mass is 389 g/mol. The second-order valence-corrected chi connectivity index (χ2v) is 7.62. The highest BCUT2D eigenvalue weighted by Gasteiger charge is 2.23. The number of ether oxygens (including phenoxy) is 2. The van der Waals surface area contributed by atoms with Crippen molar-refractivity contribution in [1.29, 1.82) is 0 Å². The normalized spacial score (nSPS) is 24.5. The Morgan fingerprint density at radius 2 is 1.75 bits per heavy atom. The van der Waals surface area contributed by atoms with Gasteiger partial charge in [0.25, 0.3) is 5.91 Å². The minimum Gasteiger partial charge on any atom is -0.376 e. The molecule has 0 bridgehead atoms. The van der Waals surface area contributed by atoms with Gasteiger partial charge in [-0.25, -0.2) is 4.79 Å². The maximum Gasteiger partial charge on any atom is 0.319 e. The average molecular weight is 389 g/mol. The van der Waals surface area contributed by atoms with Crippen LogP contribution >= 0.6 is 0 Å². The molecule has 3 atom stereocenters. The van der Waals surface area contributed by atoms with Gasteiger partial charge in [-0.05, 0) is 55.9 Å². The van der Waals surface area contributed by atoms with E-state index >= 15 is 0 Å². The van der Waals surface area contributed by atoms with Crippen LogP contribution in [-0.2, 0) is 14.3 Å². The van der Waals surface area contributed by atoms with Crippen LogP contribution in [0.25, 0.3) is 0 Å². The van der Waals surface area contributed by atoms with Crippen LogP contribution < -0.4 is 16.0 Å². The molecule has 1 aliphatic carbocycles. The van der Waals surface area contributed by atoms with Crippen LogP contribution in [0.2, 0.25) is 0 Å². The first kappa shape index (κ1) is 20.6. The summed E-state index contributed by atoms with van der Waals surface area (Å²) in [4.78, 5) is 24.0. The summed E-state index contributed by atoms with van der Waals surface area (Å²) in [6.07, 6.45) is 6.49. The molecule has 154 valence electrons. The number of carbonyl (C=O) groups excluding carboxylic acids is 2. The van der Waals surface area contributed by atoms with E-state index in [0.717, 1.165) is 19.3 Å². The lowest BCUT2D eigenvalue weighted by Gasteiger charge is -2.28. The number of hydrogen-bond donors (Lipinski definition) is 3. The molecule has 1 heterocycles. The summed E-state index contributed by atoms with van der Waals surface area (Å²) in [5.74, 6) is 0.477. The first-order valence-corrected chi connectivity index (χ1v) is 10.3. The zero-order chi connectivity index (χ0) is 19.8. The van der Waals surface area contributed by atoms with Gasteiger partial charge in [-0.3, -0.25) is 4.79 Å². The Bertz CT molecular complexity index is 644. The molecule has 1 aromatic rings. The topological polar surface area (TPSA) is 88.7 Å². The molecule has 28 heavy (non-hydrogen) atoms. The van der Waals surface area contributed by atoms with Gasteiger partial charge in [0, 0.05) is 24.5 Å². The van der Waals surface area contributed by atoms with Crippen molar-refractivity contribution in [2.45, 2.75) is 57.7 Å². The largest absolute Gasteiger partial charge is 0.376 e. The van der Waals surface area contributed by atoms with E-state index in [1.807, 2.05) is 0 Å². The minimum absolute atomic E-state index is 0.122. The van der Waals surface area contributed by atoms with Crippen molar-refractivity contribution < 1.29 is 19.1 Å². The van der Waals surface area contributed by atoms with E-state index in [-0.39, 0.29) is 18.0 Å². The average Bonchev–Trinajstić information content (AvgIpc) is 3.23. The lowest BCUT2D eigenvalue weighted by molar-refractivity contribution is -0.124. The molecule has 1 saturated carbocycles. The third-order valence-electron chi connectivity index (χ3n) is 5.38. The van der Waals surface area contributed by atoms with Crippen LogP contribution in [0.3, 0.4) is 0 Å². The van der Waals surface area contributed by atoms with E-state index in [0.29, 0.717) is 43.2 Å². The first-order valence-electron chi connectivity index (χ1n) is 10.3. The molecular weight excluding hydrogens is 358 g/mol. The number of hydrogen-bond acceptors (Lipinski definition) is 4. The van der Waals surface area contributed by atoms with Gasteiger partial charge in [0.1, 0.15) is 6.10 Å². The molecule has 2 aliphatic rings. The van der Waals surface area contributed by atoms with Crippen LogP contribution in [0.15, 0.2) is 24.3 Å². The molecule has 3 N–H and O–H groups in total. The third-order valence-corrected chi connectivity index (χ3v) is 5.38. The van der Waals surface area contributed by atoms with Gasteiger partial charge in [0.2, 0.25) is 0 Å². The van der Waals surface area contributed by atoms with Crippen molar-refractivity contribution in [1.82, 2.24) is 5.32 Å². The minimum atomic E-state index is -0.359. The second-order valence-electron chi connectivity index (χ2n) is 7.62. The number of benzene rings is 1. The van der Waals surface area contributed by atoms with Crippen LogP contribution in [-0.4, -0.2) is 43.9 Å². The summed E-state index contributed by atoms with van der Waals surface area (Å²) in [7, 11) is 0. The van der Waals surface area contributed by atoms with Gasteiger partial charge >= 0.3 is 6.03 Å². The zero-order valence-electron chi connectivity index (χ0n) is 16.5. The van der Waals surface area contributed by atoms with E-state index in [4.69, 9.17) is 9.47 Å². The molecule has 1 aliphatic heterocycles. The van der Waals surface area contributed by atoms with E-state index in [1.165, 1.54) is 19.3 Å². The smallest absolute Gasteiger partial charge is 0.319 e. The fourth-order valence-corrected chi connectivity index (χ4v) is 3.72. The maximum atomic E-state index is 12.0. The zero-order valence-corrected chi connectivity index (χ0v) is 16.5. The molecule has 7 nitrogen and oxygen atoms in total. The van der Waals surface area contributed by atoms with Crippen molar-refractivity contribution >= 4 is 23.3 Å². The Balaban J connectivity index is 1.34. The molecule has 2 fully saturated rings. The summed E-state index contributed by atoms with van der Waals surface area (Å²) in [5, 5.41) is 8.42. The Morgan fingerprint density at radius 1 is 1.04 bits per heavy atom. The van der Waals surface area contributed by atoms with Gasteiger partial charge < -0.3 is 25.4 Å². The summed E-state index contributed by atoms with van der Waals surface area (Å²) in [5.41, 5.74) is 1.34. The second kappa shape index (κ2) is 10.4. The fraction of sp³-hybridized carbons (Fsp3) is 0.619. The number of nitrogens with one attached hydrogen (secondary N) is 3. The van der Waals surface area contributed by atoms with Gasteiger partial charge in [-0.1, -0.05) is 19.8 Å². The van der Waals surface area contributed by atoms with Crippen LogP contribution in [0, 0.1) is 5.92 Å². The van der Waals surface area contributed by atoms with Crippen molar-refractivity contribution in [3.05, 3.63) is 24.3 Å². The van der Waals surface area contributed by atoms with Gasteiger partial charge in [0.15, 0.2) is 0 Å². The molecule has 0 radical (unpaired) electrons. The Hall–Kier alpha value is -2.12. The molecule has 3 amide bonds. The van der Waals surface area contributed by atoms with Crippen molar-refractivity contribution in [3.63, 3.8) is 0 Å². The third kappa shape index (κ3) is 6.21. The number of rotatable bonds is 7. The molecule has 7 heteroatoms. The van der Waals surface area contributed by atoms with E-state index < -0.39 is 0 Å². The molecule has 1 aromatic carbocycles. The number of amides is 3.